The predicted molar refractivity (Wildman–Crippen MR) is 116 cm³/mol. The maximum atomic E-state index is 13.5. The van der Waals surface area contributed by atoms with Gasteiger partial charge in [0.25, 0.3) is 11.8 Å². The SMILES string of the molecule is CN1CCN(C2=C(c3ccccc3)C(=O)N(c3cccc(N(C)C)c3)C2=O)CC1. The van der Waals surface area contributed by atoms with Crippen LogP contribution in [-0.2, 0) is 9.59 Å². The molecule has 2 aliphatic rings. The minimum atomic E-state index is -0.258. The first-order valence-corrected chi connectivity index (χ1v) is 9.86. The Morgan fingerprint density at radius 1 is 0.828 bits per heavy atom. The Kier molecular flexibility index (Phi) is 5.11. The number of piperazine rings is 1. The molecular formula is C23H26N4O2. The van der Waals surface area contributed by atoms with Crippen LogP contribution >= 0.6 is 0 Å². The Morgan fingerprint density at radius 2 is 1.52 bits per heavy atom. The molecular weight excluding hydrogens is 364 g/mol. The van der Waals surface area contributed by atoms with Crippen LogP contribution in [0.4, 0.5) is 11.4 Å². The van der Waals surface area contributed by atoms with E-state index in [0.717, 1.165) is 37.4 Å². The second-order valence-electron chi connectivity index (χ2n) is 7.74. The van der Waals surface area contributed by atoms with Crippen LogP contribution in [-0.4, -0.2) is 68.9 Å². The molecule has 0 radical (unpaired) electrons. The highest BCUT2D eigenvalue weighted by atomic mass is 16.2. The van der Waals surface area contributed by atoms with Gasteiger partial charge in [-0.1, -0.05) is 36.4 Å². The third-order valence-electron chi connectivity index (χ3n) is 5.55. The standard InChI is InChI=1S/C23H26N4O2/c1-24(2)18-10-7-11-19(16-18)27-22(28)20(17-8-5-4-6-9-17)21(23(27)29)26-14-12-25(3)13-15-26/h4-11,16H,12-15H2,1-3H3. The lowest BCUT2D eigenvalue weighted by Gasteiger charge is -2.34. The van der Waals surface area contributed by atoms with Gasteiger partial charge in [-0.3, -0.25) is 9.59 Å². The van der Waals surface area contributed by atoms with Crippen molar-refractivity contribution in [2.45, 2.75) is 0 Å². The van der Waals surface area contributed by atoms with E-state index in [0.29, 0.717) is 17.0 Å². The van der Waals surface area contributed by atoms with Gasteiger partial charge in [0.1, 0.15) is 5.70 Å². The van der Waals surface area contributed by atoms with Crippen LogP contribution in [0.1, 0.15) is 5.56 Å². The summed E-state index contributed by atoms with van der Waals surface area (Å²) in [6.45, 7) is 3.19. The normalized spacial score (nSPS) is 18.0. The van der Waals surface area contributed by atoms with Crippen LogP contribution in [0, 0.1) is 0 Å². The van der Waals surface area contributed by atoms with Crippen molar-refractivity contribution in [1.29, 1.82) is 0 Å². The van der Waals surface area contributed by atoms with E-state index in [1.54, 1.807) is 0 Å². The largest absolute Gasteiger partial charge is 0.378 e. The summed E-state index contributed by atoms with van der Waals surface area (Å²) in [6.07, 6.45) is 0. The summed E-state index contributed by atoms with van der Waals surface area (Å²) in [6, 6.07) is 17.0. The molecule has 6 nitrogen and oxygen atoms in total. The average molecular weight is 390 g/mol. The molecule has 2 aliphatic heterocycles. The molecule has 29 heavy (non-hydrogen) atoms. The Hall–Kier alpha value is -3.12. The number of nitrogens with zero attached hydrogens (tertiary/aromatic N) is 4. The van der Waals surface area contributed by atoms with Crippen LogP contribution < -0.4 is 9.80 Å². The first-order chi connectivity index (χ1) is 14.0. The second kappa shape index (κ2) is 7.72. The molecule has 6 heteroatoms. The summed E-state index contributed by atoms with van der Waals surface area (Å²) in [5, 5.41) is 0. The van der Waals surface area contributed by atoms with Gasteiger partial charge in [0.05, 0.1) is 11.3 Å². The van der Waals surface area contributed by atoms with Gasteiger partial charge >= 0.3 is 0 Å². The molecule has 0 unspecified atom stereocenters. The van der Waals surface area contributed by atoms with Gasteiger partial charge < -0.3 is 14.7 Å². The van der Waals surface area contributed by atoms with Crippen LogP contribution in [0.3, 0.4) is 0 Å². The molecule has 2 aromatic rings. The van der Waals surface area contributed by atoms with E-state index in [-0.39, 0.29) is 11.8 Å². The molecule has 2 heterocycles. The highest BCUT2D eigenvalue weighted by Gasteiger charge is 2.42. The topological polar surface area (TPSA) is 47.1 Å². The fourth-order valence-electron chi connectivity index (χ4n) is 3.85. The summed E-state index contributed by atoms with van der Waals surface area (Å²) in [5.74, 6) is -0.500. The number of benzene rings is 2. The second-order valence-corrected chi connectivity index (χ2v) is 7.74. The lowest BCUT2D eigenvalue weighted by Crippen LogP contribution is -2.46. The molecule has 2 amide bonds. The summed E-state index contributed by atoms with van der Waals surface area (Å²) in [7, 11) is 5.95. The molecule has 0 bridgehead atoms. The van der Waals surface area contributed by atoms with E-state index in [9.17, 15) is 9.59 Å². The molecule has 0 N–H and O–H groups in total. The summed E-state index contributed by atoms with van der Waals surface area (Å²) < 4.78 is 0. The quantitative estimate of drug-likeness (QED) is 0.750. The number of likely N-dealkylation sites (N-methyl/N-ethyl adjacent to an activating group) is 1. The number of amides is 2. The molecule has 1 fully saturated rings. The van der Waals surface area contributed by atoms with Gasteiger partial charge in [0.15, 0.2) is 0 Å². The highest BCUT2D eigenvalue weighted by molar-refractivity contribution is 6.45. The third-order valence-corrected chi connectivity index (χ3v) is 5.55. The van der Waals surface area contributed by atoms with Crippen molar-refractivity contribution >= 4 is 28.8 Å². The lowest BCUT2D eigenvalue weighted by atomic mass is 10.0. The van der Waals surface area contributed by atoms with Crippen molar-refractivity contribution in [3.05, 3.63) is 65.9 Å². The monoisotopic (exact) mass is 390 g/mol. The fraction of sp³-hybridized carbons (Fsp3) is 0.304. The third kappa shape index (κ3) is 3.51. The molecule has 150 valence electrons. The number of imide groups is 1. The first kappa shape index (κ1) is 19.2. The molecule has 0 atom stereocenters. The number of rotatable bonds is 4. The molecule has 4 rings (SSSR count). The summed E-state index contributed by atoms with van der Waals surface area (Å²) in [5.41, 5.74) is 3.34. The lowest BCUT2D eigenvalue weighted by molar-refractivity contribution is -0.120. The molecule has 0 aromatic heterocycles. The van der Waals surface area contributed by atoms with Crippen molar-refractivity contribution in [1.82, 2.24) is 9.80 Å². The fourth-order valence-corrected chi connectivity index (χ4v) is 3.85. The number of hydrogen-bond acceptors (Lipinski definition) is 5. The van der Waals surface area contributed by atoms with Crippen LogP contribution in [0.25, 0.3) is 5.57 Å². The van der Waals surface area contributed by atoms with E-state index in [4.69, 9.17) is 0 Å². The van der Waals surface area contributed by atoms with Crippen LogP contribution in [0.15, 0.2) is 60.3 Å². The summed E-state index contributed by atoms with van der Waals surface area (Å²) >= 11 is 0. The Balaban J connectivity index is 1.79. The van der Waals surface area contributed by atoms with Gasteiger partial charge in [-0.2, -0.15) is 0 Å². The smallest absolute Gasteiger partial charge is 0.282 e. The predicted octanol–water partition coefficient (Wildman–Crippen LogP) is 2.28. The van der Waals surface area contributed by atoms with E-state index in [2.05, 4.69) is 16.8 Å². The Bertz CT molecular complexity index is 960. The number of carbonyl (C=O) groups is 2. The van der Waals surface area contributed by atoms with Gasteiger partial charge in [0, 0.05) is 46.0 Å². The van der Waals surface area contributed by atoms with Gasteiger partial charge in [-0.25, -0.2) is 4.90 Å². The number of anilines is 2. The molecule has 0 saturated carbocycles. The van der Waals surface area contributed by atoms with Crippen molar-refractivity contribution in [2.24, 2.45) is 0 Å². The summed E-state index contributed by atoms with van der Waals surface area (Å²) in [4.78, 5) is 34.6. The van der Waals surface area contributed by atoms with E-state index < -0.39 is 0 Å². The van der Waals surface area contributed by atoms with Crippen molar-refractivity contribution in [3.8, 4) is 0 Å². The minimum absolute atomic E-state index is 0.241. The van der Waals surface area contributed by atoms with Crippen LogP contribution in [0.2, 0.25) is 0 Å². The Morgan fingerprint density at radius 3 is 2.17 bits per heavy atom. The van der Waals surface area contributed by atoms with E-state index in [1.165, 1.54) is 4.90 Å². The van der Waals surface area contributed by atoms with Crippen molar-refractivity contribution in [2.75, 3.05) is 57.1 Å². The zero-order chi connectivity index (χ0) is 20.5. The Labute approximate surface area is 171 Å². The van der Waals surface area contributed by atoms with E-state index in [1.807, 2.05) is 73.6 Å². The van der Waals surface area contributed by atoms with Crippen LogP contribution in [0.5, 0.6) is 0 Å². The maximum absolute atomic E-state index is 13.5. The highest BCUT2D eigenvalue weighted by Crippen LogP contribution is 2.36. The van der Waals surface area contributed by atoms with Gasteiger partial charge in [-0.05, 0) is 30.8 Å². The first-order valence-electron chi connectivity index (χ1n) is 9.86. The molecule has 0 spiro atoms. The zero-order valence-electron chi connectivity index (χ0n) is 17.1. The van der Waals surface area contributed by atoms with Gasteiger partial charge in [-0.15, -0.1) is 0 Å². The molecule has 1 saturated heterocycles. The molecule has 0 aliphatic carbocycles. The van der Waals surface area contributed by atoms with E-state index >= 15 is 0 Å². The number of carbonyl (C=O) groups excluding carboxylic acids is 2. The minimum Gasteiger partial charge on any atom is -0.378 e. The number of hydrogen-bond donors (Lipinski definition) is 0. The maximum Gasteiger partial charge on any atom is 0.282 e. The van der Waals surface area contributed by atoms with Gasteiger partial charge in [0.2, 0.25) is 0 Å². The van der Waals surface area contributed by atoms with Crippen molar-refractivity contribution < 1.29 is 9.59 Å². The molecule has 2 aromatic carbocycles. The van der Waals surface area contributed by atoms with Crippen molar-refractivity contribution in [3.63, 3.8) is 0 Å². The zero-order valence-corrected chi connectivity index (χ0v) is 17.1. The average Bonchev–Trinajstić information content (AvgIpc) is 2.99.